The molecule has 60 valence electrons. The number of nitrogens with one attached hydrogen (secondary N) is 1. The molecule has 0 saturated carbocycles. The number of hydrogen-bond acceptors (Lipinski definition) is 1. The Labute approximate surface area is 64.2 Å². The fourth-order valence-electron chi connectivity index (χ4n) is 1.96. The first-order valence-corrected chi connectivity index (χ1v) is 4.46. The molecule has 1 atom stereocenters. The zero-order valence-electron chi connectivity index (χ0n) is 7.35. The molecule has 0 aliphatic carbocycles. The lowest BCUT2D eigenvalue weighted by molar-refractivity contribution is 0.178. The summed E-state index contributed by atoms with van der Waals surface area (Å²) in [6.07, 6.45) is 1.35. The summed E-state index contributed by atoms with van der Waals surface area (Å²) in [7, 11) is 0. The molecule has 1 aliphatic heterocycles. The van der Waals surface area contributed by atoms with E-state index in [4.69, 9.17) is 0 Å². The van der Waals surface area contributed by atoms with E-state index in [1.165, 1.54) is 19.5 Å². The van der Waals surface area contributed by atoms with Crippen molar-refractivity contribution in [3.05, 3.63) is 0 Å². The molecule has 1 N–H and O–H groups in total. The van der Waals surface area contributed by atoms with Crippen molar-refractivity contribution in [2.24, 2.45) is 17.8 Å². The molecule has 1 heteroatoms. The number of rotatable bonds is 3. The zero-order chi connectivity index (χ0) is 7.56. The molecule has 1 aliphatic rings. The zero-order valence-corrected chi connectivity index (χ0v) is 7.35. The van der Waals surface area contributed by atoms with Crippen LogP contribution in [0.15, 0.2) is 0 Å². The lowest BCUT2D eigenvalue weighted by Gasteiger charge is -2.36. The van der Waals surface area contributed by atoms with Gasteiger partial charge in [-0.25, -0.2) is 0 Å². The molecular formula is C9H19N. The van der Waals surface area contributed by atoms with Crippen LogP contribution in [0.25, 0.3) is 0 Å². The second-order valence-electron chi connectivity index (χ2n) is 3.73. The van der Waals surface area contributed by atoms with E-state index in [-0.39, 0.29) is 0 Å². The molecule has 0 aromatic rings. The molecule has 1 rings (SSSR count). The maximum atomic E-state index is 3.33. The van der Waals surface area contributed by atoms with E-state index in [0.29, 0.717) is 0 Å². The summed E-state index contributed by atoms with van der Waals surface area (Å²) in [4.78, 5) is 0. The Morgan fingerprint density at radius 2 is 2.00 bits per heavy atom. The van der Waals surface area contributed by atoms with E-state index in [1.54, 1.807) is 0 Å². The van der Waals surface area contributed by atoms with Gasteiger partial charge in [0, 0.05) is 0 Å². The van der Waals surface area contributed by atoms with Crippen LogP contribution < -0.4 is 5.32 Å². The van der Waals surface area contributed by atoms with Crippen molar-refractivity contribution < 1.29 is 0 Å². The molecule has 0 radical (unpaired) electrons. The highest BCUT2D eigenvalue weighted by Crippen LogP contribution is 2.26. The van der Waals surface area contributed by atoms with E-state index < -0.39 is 0 Å². The predicted octanol–water partition coefficient (Wildman–Crippen LogP) is 1.89. The lowest BCUT2D eigenvalue weighted by atomic mass is 9.78. The monoisotopic (exact) mass is 141 g/mol. The Morgan fingerprint density at radius 3 is 2.10 bits per heavy atom. The Morgan fingerprint density at radius 1 is 1.40 bits per heavy atom. The molecule has 0 spiro atoms. The van der Waals surface area contributed by atoms with Gasteiger partial charge in [0.25, 0.3) is 0 Å². The Hall–Kier alpha value is -0.0400. The average Bonchev–Trinajstić information content (AvgIpc) is 1.76. The lowest BCUT2D eigenvalue weighted by Crippen LogP contribution is -2.47. The molecule has 1 saturated heterocycles. The first-order valence-electron chi connectivity index (χ1n) is 4.46. The average molecular weight is 141 g/mol. The van der Waals surface area contributed by atoms with E-state index in [0.717, 1.165) is 17.8 Å². The molecule has 0 aromatic heterocycles. The van der Waals surface area contributed by atoms with Gasteiger partial charge in [-0.2, -0.15) is 0 Å². The Kier molecular flexibility index (Phi) is 2.72. The van der Waals surface area contributed by atoms with Crippen LogP contribution in [0.1, 0.15) is 27.2 Å². The van der Waals surface area contributed by atoms with Crippen molar-refractivity contribution in [3.8, 4) is 0 Å². The molecule has 0 amide bonds. The first kappa shape index (κ1) is 8.06. The van der Waals surface area contributed by atoms with Crippen LogP contribution in [-0.2, 0) is 0 Å². The van der Waals surface area contributed by atoms with Gasteiger partial charge >= 0.3 is 0 Å². The van der Waals surface area contributed by atoms with Gasteiger partial charge in [0.05, 0.1) is 0 Å². The van der Waals surface area contributed by atoms with Gasteiger partial charge in [0.15, 0.2) is 0 Å². The van der Waals surface area contributed by atoms with Crippen LogP contribution in [-0.4, -0.2) is 13.1 Å². The Bertz CT molecular complexity index is 94.9. The molecule has 10 heavy (non-hydrogen) atoms. The fraction of sp³-hybridized carbons (Fsp3) is 1.00. The summed E-state index contributed by atoms with van der Waals surface area (Å²) in [6, 6.07) is 0. The van der Waals surface area contributed by atoms with Gasteiger partial charge in [-0.05, 0) is 30.8 Å². The van der Waals surface area contributed by atoms with Crippen LogP contribution in [0.5, 0.6) is 0 Å². The quantitative estimate of drug-likeness (QED) is 0.633. The van der Waals surface area contributed by atoms with Crippen LogP contribution >= 0.6 is 0 Å². The van der Waals surface area contributed by atoms with Crippen LogP contribution in [0.4, 0.5) is 0 Å². The van der Waals surface area contributed by atoms with Crippen molar-refractivity contribution in [3.63, 3.8) is 0 Å². The second-order valence-corrected chi connectivity index (χ2v) is 3.73. The second kappa shape index (κ2) is 3.38. The molecular weight excluding hydrogens is 122 g/mol. The molecule has 1 unspecified atom stereocenters. The van der Waals surface area contributed by atoms with Crippen molar-refractivity contribution in [1.82, 2.24) is 5.32 Å². The van der Waals surface area contributed by atoms with Crippen molar-refractivity contribution in [1.29, 1.82) is 0 Å². The third kappa shape index (κ3) is 1.51. The molecule has 1 heterocycles. The van der Waals surface area contributed by atoms with Gasteiger partial charge in [0.1, 0.15) is 0 Å². The highest BCUT2D eigenvalue weighted by atomic mass is 15.0. The van der Waals surface area contributed by atoms with Crippen LogP contribution in [0, 0.1) is 17.8 Å². The fourth-order valence-corrected chi connectivity index (χ4v) is 1.96. The van der Waals surface area contributed by atoms with Crippen LogP contribution in [0.2, 0.25) is 0 Å². The summed E-state index contributed by atoms with van der Waals surface area (Å²) in [6.45, 7) is 9.51. The highest BCUT2D eigenvalue weighted by Gasteiger charge is 2.27. The summed E-state index contributed by atoms with van der Waals surface area (Å²) < 4.78 is 0. The van der Waals surface area contributed by atoms with Crippen LogP contribution in [0.3, 0.4) is 0 Å². The molecule has 0 bridgehead atoms. The third-order valence-corrected chi connectivity index (χ3v) is 2.75. The minimum absolute atomic E-state index is 0.872. The van der Waals surface area contributed by atoms with Gasteiger partial charge in [-0.15, -0.1) is 0 Å². The minimum Gasteiger partial charge on any atom is -0.316 e. The normalized spacial score (nSPS) is 22.8. The van der Waals surface area contributed by atoms with Gasteiger partial charge in [-0.1, -0.05) is 27.2 Å². The largest absolute Gasteiger partial charge is 0.316 e. The van der Waals surface area contributed by atoms with E-state index in [2.05, 4.69) is 26.1 Å². The maximum Gasteiger partial charge on any atom is -0.000550 e. The predicted molar refractivity (Wildman–Crippen MR) is 45.0 cm³/mol. The summed E-state index contributed by atoms with van der Waals surface area (Å²) in [5, 5.41) is 3.33. The minimum atomic E-state index is 0.872. The molecule has 1 fully saturated rings. The standard InChI is InChI=1S/C9H19N/c1-4-9(7(2)3)8-5-10-6-8/h7-10H,4-6H2,1-3H3. The highest BCUT2D eigenvalue weighted by molar-refractivity contribution is 4.82. The summed E-state index contributed by atoms with van der Waals surface area (Å²) >= 11 is 0. The summed E-state index contributed by atoms with van der Waals surface area (Å²) in [5.74, 6) is 2.81. The van der Waals surface area contributed by atoms with E-state index in [1.807, 2.05) is 0 Å². The van der Waals surface area contributed by atoms with Crippen molar-refractivity contribution in [2.45, 2.75) is 27.2 Å². The first-order chi connectivity index (χ1) is 4.75. The topological polar surface area (TPSA) is 12.0 Å². The third-order valence-electron chi connectivity index (χ3n) is 2.75. The maximum absolute atomic E-state index is 3.33. The molecule has 0 aromatic carbocycles. The smallest absolute Gasteiger partial charge is 0.000550 e. The van der Waals surface area contributed by atoms with Gasteiger partial charge < -0.3 is 5.32 Å². The van der Waals surface area contributed by atoms with E-state index in [9.17, 15) is 0 Å². The van der Waals surface area contributed by atoms with Gasteiger partial charge in [-0.3, -0.25) is 0 Å². The molecule has 1 nitrogen and oxygen atoms in total. The van der Waals surface area contributed by atoms with Crippen molar-refractivity contribution in [2.75, 3.05) is 13.1 Å². The SMILES string of the molecule is CCC(C(C)C)C1CNC1. The van der Waals surface area contributed by atoms with E-state index >= 15 is 0 Å². The van der Waals surface area contributed by atoms with Crippen molar-refractivity contribution >= 4 is 0 Å². The summed E-state index contributed by atoms with van der Waals surface area (Å²) in [5.41, 5.74) is 0. The van der Waals surface area contributed by atoms with Gasteiger partial charge in [0.2, 0.25) is 0 Å². The number of hydrogen-bond donors (Lipinski definition) is 1. The Balaban J connectivity index is 2.31.